The number of hydrogen-bond acceptors (Lipinski definition) is 3. The summed E-state index contributed by atoms with van der Waals surface area (Å²) in [6, 6.07) is 10.5. The maximum atomic E-state index is 11.8. The van der Waals surface area contributed by atoms with Gasteiger partial charge in [0.05, 0.1) is 5.02 Å². The van der Waals surface area contributed by atoms with Crippen molar-refractivity contribution in [3.05, 3.63) is 51.5 Å². The number of aryl methyl sites for hydroxylation is 1. The number of anilines is 2. The van der Waals surface area contributed by atoms with Crippen LogP contribution in [0.2, 0.25) is 5.02 Å². The van der Waals surface area contributed by atoms with E-state index in [-0.39, 0.29) is 12.5 Å². The van der Waals surface area contributed by atoms with Gasteiger partial charge in [0.15, 0.2) is 6.61 Å². The first-order chi connectivity index (χ1) is 9.95. The van der Waals surface area contributed by atoms with Gasteiger partial charge in [-0.15, -0.1) is 0 Å². The summed E-state index contributed by atoms with van der Waals surface area (Å²) in [4.78, 5) is 11.8. The lowest BCUT2D eigenvalue weighted by atomic mass is 10.2. The van der Waals surface area contributed by atoms with Crippen molar-refractivity contribution in [2.75, 3.05) is 17.7 Å². The second-order valence-electron chi connectivity index (χ2n) is 4.48. The molecule has 21 heavy (non-hydrogen) atoms. The Kier molecular flexibility index (Phi) is 5.09. The van der Waals surface area contributed by atoms with Crippen molar-refractivity contribution in [1.82, 2.24) is 0 Å². The molecule has 0 aliphatic rings. The van der Waals surface area contributed by atoms with Crippen LogP contribution in [0.25, 0.3) is 0 Å². The Balaban J connectivity index is 1.94. The number of hydrogen-bond donors (Lipinski definition) is 2. The van der Waals surface area contributed by atoms with E-state index in [0.29, 0.717) is 22.1 Å². The number of carbonyl (C=O) groups is 1. The number of benzene rings is 2. The van der Waals surface area contributed by atoms with Crippen LogP contribution in [0.5, 0.6) is 5.75 Å². The zero-order valence-electron chi connectivity index (χ0n) is 11.3. The highest BCUT2D eigenvalue weighted by atomic mass is 79.9. The Morgan fingerprint density at radius 1 is 1.33 bits per heavy atom. The average molecular weight is 370 g/mol. The van der Waals surface area contributed by atoms with Gasteiger partial charge < -0.3 is 15.8 Å². The summed E-state index contributed by atoms with van der Waals surface area (Å²) in [6.45, 7) is 1.77. The van der Waals surface area contributed by atoms with E-state index >= 15 is 0 Å². The minimum absolute atomic E-state index is 0.130. The Hall–Kier alpha value is -1.72. The quantitative estimate of drug-likeness (QED) is 0.800. The summed E-state index contributed by atoms with van der Waals surface area (Å²) in [5, 5.41) is 3.16. The van der Waals surface area contributed by atoms with Crippen LogP contribution in [-0.2, 0) is 4.79 Å². The van der Waals surface area contributed by atoms with Crippen LogP contribution < -0.4 is 15.8 Å². The monoisotopic (exact) mass is 368 g/mol. The largest absolute Gasteiger partial charge is 0.482 e. The van der Waals surface area contributed by atoms with Crippen LogP contribution >= 0.6 is 27.5 Å². The fourth-order valence-corrected chi connectivity index (χ4v) is 2.38. The summed E-state index contributed by atoms with van der Waals surface area (Å²) in [5.41, 5.74) is 8.02. The second kappa shape index (κ2) is 6.83. The zero-order valence-corrected chi connectivity index (χ0v) is 13.7. The Bertz CT molecular complexity index is 677. The lowest BCUT2D eigenvalue weighted by molar-refractivity contribution is -0.118. The van der Waals surface area contributed by atoms with Gasteiger partial charge in [-0.05, 0) is 42.8 Å². The molecular weight excluding hydrogens is 356 g/mol. The molecule has 2 rings (SSSR count). The summed E-state index contributed by atoms with van der Waals surface area (Å²) in [7, 11) is 0. The molecule has 0 radical (unpaired) electrons. The third-order valence-electron chi connectivity index (χ3n) is 2.82. The van der Waals surface area contributed by atoms with Gasteiger partial charge in [-0.1, -0.05) is 33.6 Å². The van der Waals surface area contributed by atoms with E-state index in [2.05, 4.69) is 21.2 Å². The molecule has 0 aromatic heterocycles. The molecule has 0 aliphatic heterocycles. The van der Waals surface area contributed by atoms with E-state index in [9.17, 15) is 4.79 Å². The standard InChI is InChI=1S/C15H14BrClN2O2/c1-9-2-4-11(7-13(9)18)19-15(20)8-21-14-5-3-10(16)6-12(14)17/h2-7H,8,18H2,1H3,(H,19,20). The number of amides is 1. The first kappa shape index (κ1) is 15.7. The Morgan fingerprint density at radius 3 is 2.76 bits per heavy atom. The molecule has 4 nitrogen and oxygen atoms in total. The van der Waals surface area contributed by atoms with E-state index < -0.39 is 0 Å². The van der Waals surface area contributed by atoms with Crippen molar-refractivity contribution in [1.29, 1.82) is 0 Å². The van der Waals surface area contributed by atoms with E-state index in [4.69, 9.17) is 22.1 Å². The lowest BCUT2D eigenvalue weighted by Gasteiger charge is -2.10. The van der Waals surface area contributed by atoms with Crippen molar-refractivity contribution in [2.24, 2.45) is 0 Å². The predicted molar refractivity (Wildman–Crippen MR) is 88.9 cm³/mol. The van der Waals surface area contributed by atoms with Crippen LogP contribution in [0.1, 0.15) is 5.56 Å². The third kappa shape index (κ3) is 4.37. The smallest absolute Gasteiger partial charge is 0.262 e. The molecule has 2 aromatic rings. The first-order valence-electron chi connectivity index (χ1n) is 6.19. The Labute approximate surface area is 136 Å². The summed E-state index contributed by atoms with van der Waals surface area (Å²) >= 11 is 9.31. The van der Waals surface area contributed by atoms with E-state index in [1.54, 1.807) is 30.3 Å². The van der Waals surface area contributed by atoms with Crippen LogP contribution in [0.4, 0.5) is 11.4 Å². The number of ether oxygens (including phenoxy) is 1. The number of nitrogen functional groups attached to an aromatic ring is 1. The molecule has 0 unspecified atom stereocenters. The fraction of sp³-hybridized carbons (Fsp3) is 0.133. The molecule has 0 saturated carbocycles. The summed E-state index contributed by atoms with van der Waals surface area (Å²) in [5.74, 6) is 0.177. The minimum Gasteiger partial charge on any atom is -0.482 e. The summed E-state index contributed by atoms with van der Waals surface area (Å²) in [6.07, 6.45) is 0. The van der Waals surface area contributed by atoms with E-state index in [0.717, 1.165) is 10.0 Å². The molecular formula is C15H14BrClN2O2. The third-order valence-corrected chi connectivity index (χ3v) is 3.60. The second-order valence-corrected chi connectivity index (χ2v) is 5.81. The van der Waals surface area contributed by atoms with Crippen molar-refractivity contribution in [2.45, 2.75) is 6.92 Å². The van der Waals surface area contributed by atoms with Gasteiger partial charge in [-0.2, -0.15) is 0 Å². The molecule has 0 spiro atoms. The van der Waals surface area contributed by atoms with Crippen LogP contribution in [0.15, 0.2) is 40.9 Å². The molecule has 0 fully saturated rings. The van der Waals surface area contributed by atoms with Crippen molar-refractivity contribution >= 4 is 44.8 Å². The molecule has 0 heterocycles. The van der Waals surface area contributed by atoms with E-state index in [1.807, 2.05) is 13.0 Å². The van der Waals surface area contributed by atoms with Gasteiger partial charge in [-0.3, -0.25) is 4.79 Å². The SMILES string of the molecule is Cc1ccc(NC(=O)COc2ccc(Br)cc2Cl)cc1N. The molecule has 110 valence electrons. The lowest BCUT2D eigenvalue weighted by Crippen LogP contribution is -2.20. The van der Waals surface area contributed by atoms with Gasteiger partial charge in [-0.25, -0.2) is 0 Å². The molecule has 6 heteroatoms. The maximum absolute atomic E-state index is 11.8. The predicted octanol–water partition coefficient (Wildman–Crippen LogP) is 4.01. The average Bonchev–Trinajstić information content (AvgIpc) is 2.42. The maximum Gasteiger partial charge on any atom is 0.262 e. The highest BCUT2D eigenvalue weighted by Gasteiger charge is 2.07. The number of nitrogens with two attached hydrogens (primary N) is 1. The van der Waals surface area contributed by atoms with E-state index in [1.165, 1.54) is 0 Å². The van der Waals surface area contributed by atoms with Gasteiger partial charge in [0.2, 0.25) is 0 Å². The molecule has 0 bridgehead atoms. The fourth-order valence-electron chi connectivity index (χ4n) is 1.65. The zero-order chi connectivity index (χ0) is 15.4. The van der Waals surface area contributed by atoms with Gasteiger partial charge in [0, 0.05) is 15.8 Å². The normalized spacial score (nSPS) is 10.2. The van der Waals surface area contributed by atoms with Gasteiger partial charge in [0.1, 0.15) is 5.75 Å². The van der Waals surface area contributed by atoms with Crippen molar-refractivity contribution < 1.29 is 9.53 Å². The van der Waals surface area contributed by atoms with Gasteiger partial charge in [0.25, 0.3) is 5.91 Å². The number of rotatable bonds is 4. The van der Waals surface area contributed by atoms with Crippen LogP contribution in [0, 0.1) is 6.92 Å². The molecule has 2 aromatic carbocycles. The highest BCUT2D eigenvalue weighted by molar-refractivity contribution is 9.10. The van der Waals surface area contributed by atoms with Gasteiger partial charge >= 0.3 is 0 Å². The highest BCUT2D eigenvalue weighted by Crippen LogP contribution is 2.27. The number of nitrogens with one attached hydrogen (secondary N) is 1. The Morgan fingerprint density at radius 2 is 2.10 bits per heavy atom. The topological polar surface area (TPSA) is 64.3 Å². The van der Waals surface area contributed by atoms with Crippen molar-refractivity contribution in [3.63, 3.8) is 0 Å². The van der Waals surface area contributed by atoms with Crippen LogP contribution in [0.3, 0.4) is 0 Å². The molecule has 0 atom stereocenters. The minimum atomic E-state index is -0.280. The number of halogens is 2. The molecule has 1 amide bonds. The molecule has 0 aliphatic carbocycles. The first-order valence-corrected chi connectivity index (χ1v) is 7.36. The molecule has 3 N–H and O–H groups in total. The van der Waals surface area contributed by atoms with Crippen LogP contribution in [-0.4, -0.2) is 12.5 Å². The van der Waals surface area contributed by atoms with Crippen molar-refractivity contribution in [3.8, 4) is 5.75 Å². The summed E-state index contributed by atoms with van der Waals surface area (Å²) < 4.78 is 6.23. The molecule has 0 saturated heterocycles. The number of carbonyl (C=O) groups excluding carboxylic acids is 1.